The van der Waals surface area contributed by atoms with Crippen molar-refractivity contribution in [3.8, 4) is 0 Å². The lowest BCUT2D eigenvalue weighted by Crippen LogP contribution is -2.47. The van der Waals surface area contributed by atoms with Gasteiger partial charge in [-0.3, -0.25) is 4.90 Å². The minimum Gasteiger partial charge on any atom is -0.381 e. The maximum atomic E-state index is 5.44. The van der Waals surface area contributed by atoms with Gasteiger partial charge in [-0.15, -0.1) is 0 Å². The Morgan fingerprint density at radius 2 is 2.00 bits per heavy atom. The zero-order valence-corrected chi connectivity index (χ0v) is 10.2. The van der Waals surface area contributed by atoms with Gasteiger partial charge in [-0.05, 0) is 50.6 Å². The SMILES string of the molecule is C1CC2CNCC2N(CC2CCOCC2)C1. The maximum absolute atomic E-state index is 5.44. The molecule has 0 aromatic rings. The van der Waals surface area contributed by atoms with Crippen molar-refractivity contribution < 1.29 is 4.74 Å². The summed E-state index contributed by atoms with van der Waals surface area (Å²) in [5.74, 6) is 1.83. The predicted molar refractivity (Wildman–Crippen MR) is 64.5 cm³/mol. The van der Waals surface area contributed by atoms with Crippen LogP contribution in [0.25, 0.3) is 0 Å². The minimum atomic E-state index is 0.844. The lowest BCUT2D eigenvalue weighted by molar-refractivity contribution is 0.0345. The Bertz CT molecular complexity index is 228. The molecule has 3 nitrogen and oxygen atoms in total. The quantitative estimate of drug-likeness (QED) is 0.760. The molecule has 0 aromatic heterocycles. The molecule has 3 heterocycles. The first-order valence-corrected chi connectivity index (χ1v) is 6.96. The maximum Gasteiger partial charge on any atom is 0.0469 e. The van der Waals surface area contributed by atoms with Crippen molar-refractivity contribution in [2.24, 2.45) is 11.8 Å². The standard InChI is InChI=1S/C13H24N2O/c1-2-12-8-14-9-13(12)15(5-1)10-11-3-6-16-7-4-11/h11-14H,1-10H2. The molecule has 0 aromatic carbocycles. The second kappa shape index (κ2) is 5.03. The van der Waals surface area contributed by atoms with Crippen LogP contribution in [0.5, 0.6) is 0 Å². The van der Waals surface area contributed by atoms with Crippen molar-refractivity contribution in [1.82, 2.24) is 10.2 Å². The highest BCUT2D eigenvalue weighted by atomic mass is 16.5. The van der Waals surface area contributed by atoms with Gasteiger partial charge in [0.2, 0.25) is 0 Å². The van der Waals surface area contributed by atoms with Crippen LogP contribution < -0.4 is 5.32 Å². The number of hydrogen-bond donors (Lipinski definition) is 1. The van der Waals surface area contributed by atoms with E-state index in [-0.39, 0.29) is 0 Å². The van der Waals surface area contributed by atoms with Gasteiger partial charge < -0.3 is 10.1 Å². The van der Waals surface area contributed by atoms with Gasteiger partial charge in [0.25, 0.3) is 0 Å². The van der Waals surface area contributed by atoms with E-state index in [1.165, 1.54) is 51.9 Å². The summed E-state index contributed by atoms with van der Waals surface area (Å²) in [7, 11) is 0. The second-order valence-electron chi connectivity index (χ2n) is 5.68. The molecule has 2 unspecified atom stereocenters. The van der Waals surface area contributed by atoms with Gasteiger partial charge >= 0.3 is 0 Å². The van der Waals surface area contributed by atoms with Crippen LogP contribution in [-0.2, 0) is 4.74 Å². The summed E-state index contributed by atoms with van der Waals surface area (Å²) < 4.78 is 5.44. The van der Waals surface area contributed by atoms with E-state index < -0.39 is 0 Å². The van der Waals surface area contributed by atoms with Crippen LogP contribution in [0.4, 0.5) is 0 Å². The van der Waals surface area contributed by atoms with E-state index in [0.29, 0.717) is 0 Å². The molecule has 92 valence electrons. The van der Waals surface area contributed by atoms with Crippen molar-refractivity contribution in [3.05, 3.63) is 0 Å². The highest BCUT2D eigenvalue weighted by Crippen LogP contribution is 2.28. The summed E-state index contributed by atoms with van der Waals surface area (Å²) in [5.41, 5.74) is 0. The molecule has 3 aliphatic rings. The molecule has 16 heavy (non-hydrogen) atoms. The molecule has 3 saturated heterocycles. The molecule has 3 fully saturated rings. The Kier molecular flexibility index (Phi) is 3.46. The van der Waals surface area contributed by atoms with Crippen LogP contribution in [0, 0.1) is 11.8 Å². The molecule has 3 heteroatoms. The lowest BCUT2D eigenvalue weighted by atomic mass is 9.90. The zero-order chi connectivity index (χ0) is 10.8. The van der Waals surface area contributed by atoms with Crippen molar-refractivity contribution in [2.75, 3.05) is 39.4 Å². The largest absolute Gasteiger partial charge is 0.381 e. The third-order valence-electron chi connectivity index (χ3n) is 4.63. The average molecular weight is 224 g/mol. The Morgan fingerprint density at radius 3 is 2.88 bits per heavy atom. The predicted octanol–water partition coefficient (Wildman–Crippen LogP) is 1.10. The molecule has 0 saturated carbocycles. The van der Waals surface area contributed by atoms with Gasteiger partial charge in [0.15, 0.2) is 0 Å². The number of nitrogens with one attached hydrogen (secondary N) is 1. The third-order valence-corrected chi connectivity index (χ3v) is 4.63. The lowest BCUT2D eigenvalue weighted by Gasteiger charge is -2.39. The van der Waals surface area contributed by atoms with E-state index >= 15 is 0 Å². The van der Waals surface area contributed by atoms with E-state index in [0.717, 1.165) is 31.1 Å². The fourth-order valence-corrected chi connectivity index (χ4v) is 3.65. The summed E-state index contributed by atoms with van der Waals surface area (Å²) in [4.78, 5) is 2.77. The molecule has 0 aliphatic carbocycles. The summed E-state index contributed by atoms with van der Waals surface area (Å²) in [6.45, 7) is 7.13. The van der Waals surface area contributed by atoms with E-state index in [2.05, 4.69) is 10.2 Å². The van der Waals surface area contributed by atoms with E-state index in [4.69, 9.17) is 4.74 Å². The smallest absolute Gasteiger partial charge is 0.0469 e. The number of nitrogens with zero attached hydrogens (tertiary/aromatic N) is 1. The first kappa shape index (κ1) is 11.0. The molecule has 2 atom stereocenters. The molecule has 0 bridgehead atoms. The van der Waals surface area contributed by atoms with Gasteiger partial charge in [-0.1, -0.05) is 0 Å². The van der Waals surface area contributed by atoms with E-state index in [1.54, 1.807) is 0 Å². The minimum absolute atomic E-state index is 0.844. The molecule has 3 aliphatic heterocycles. The molecule has 0 spiro atoms. The number of rotatable bonds is 2. The van der Waals surface area contributed by atoms with Crippen LogP contribution in [0.2, 0.25) is 0 Å². The number of likely N-dealkylation sites (tertiary alicyclic amines) is 1. The van der Waals surface area contributed by atoms with Crippen molar-refractivity contribution in [2.45, 2.75) is 31.7 Å². The van der Waals surface area contributed by atoms with E-state index in [9.17, 15) is 0 Å². The van der Waals surface area contributed by atoms with Crippen molar-refractivity contribution in [3.63, 3.8) is 0 Å². The number of piperidine rings is 1. The summed E-state index contributed by atoms with van der Waals surface area (Å²) in [6, 6.07) is 0.844. The van der Waals surface area contributed by atoms with Crippen LogP contribution in [0.3, 0.4) is 0 Å². The van der Waals surface area contributed by atoms with Gasteiger partial charge in [0, 0.05) is 32.3 Å². The topological polar surface area (TPSA) is 24.5 Å². The fraction of sp³-hybridized carbons (Fsp3) is 1.00. The monoisotopic (exact) mass is 224 g/mol. The Morgan fingerprint density at radius 1 is 1.12 bits per heavy atom. The highest BCUT2D eigenvalue weighted by Gasteiger charge is 2.35. The van der Waals surface area contributed by atoms with Gasteiger partial charge in [-0.25, -0.2) is 0 Å². The molecule has 0 radical (unpaired) electrons. The first-order valence-electron chi connectivity index (χ1n) is 6.96. The fourth-order valence-electron chi connectivity index (χ4n) is 3.65. The normalized spacial score (nSPS) is 37.5. The molecule has 0 amide bonds. The van der Waals surface area contributed by atoms with Crippen molar-refractivity contribution in [1.29, 1.82) is 0 Å². The Balaban J connectivity index is 1.56. The summed E-state index contributed by atoms with van der Waals surface area (Å²) >= 11 is 0. The Labute approximate surface area is 98.5 Å². The molecule has 3 rings (SSSR count). The number of ether oxygens (including phenoxy) is 1. The number of hydrogen-bond acceptors (Lipinski definition) is 3. The van der Waals surface area contributed by atoms with Crippen LogP contribution in [-0.4, -0.2) is 50.3 Å². The second-order valence-corrected chi connectivity index (χ2v) is 5.68. The molecular weight excluding hydrogens is 200 g/mol. The highest BCUT2D eigenvalue weighted by molar-refractivity contribution is 4.92. The van der Waals surface area contributed by atoms with Crippen molar-refractivity contribution >= 4 is 0 Å². The zero-order valence-electron chi connectivity index (χ0n) is 10.2. The Hall–Kier alpha value is -0.120. The number of fused-ring (bicyclic) bond motifs is 1. The molecule has 1 N–H and O–H groups in total. The van der Waals surface area contributed by atoms with Crippen LogP contribution in [0.1, 0.15) is 25.7 Å². The summed E-state index contributed by atoms with van der Waals surface area (Å²) in [6.07, 6.45) is 5.41. The molecular formula is C13H24N2O. The van der Waals surface area contributed by atoms with E-state index in [1.807, 2.05) is 0 Å². The van der Waals surface area contributed by atoms with Crippen LogP contribution >= 0.6 is 0 Å². The van der Waals surface area contributed by atoms with Gasteiger partial charge in [-0.2, -0.15) is 0 Å². The van der Waals surface area contributed by atoms with Gasteiger partial charge in [0.05, 0.1) is 0 Å². The van der Waals surface area contributed by atoms with Crippen LogP contribution in [0.15, 0.2) is 0 Å². The van der Waals surface area contributed by atoms with Gasteiger partial charge in [0.1, 0.15) is 0 Å². The first-order chi connectivity index (χ1) is 7.93. The average Bonchev–Trinajstić information content (AvgIpc) is 2.80. The summed E-state index contributed by atoms with van der Waals surface area (Å²) in [5, 5.41) is 3.57. The third kappa shape index (κ3) is 2.27.